The standard InChI is InChI=1S/C17H17Cl2FN2O3S/c18-14-7-6-12(10-15(14)19)11-26(24,25)22-9-3-8-21-17(23)13-4-1-2-5-16(13)20/h1-2,4-7,10,22H,3,8-9,11H2,(H,21,23). The van der Waals surface area contributed by atoms with E-state index in [4.69, 9.17) is 23.2 Å². The minimum absolute atomic E-state index is 0.0484. The fourth-order valence-corrected chi connectivity index (χ4v) is 3.65. The van der Waals surface area contributed by atoms with Gasteiger partial charge in [0.15, 0.2) is 0 Å². The van der Waals surface area contributed by atoms with Crippen LogP contribution in [-0.4, -0.2) is 27.4 Å². The van der Waals surface area contributed by atoms with Crippen molar-refractivity contribution >= 4 is 39.1 Å². The fourth-order valence-electron chi connectivity index (χ4n) is 2.16. The first kappa shape index (κ1) is 20.6. The molecule has 0 heterocycles. The lowest BCUT2D eigenvalue weighted by Gasteiger charge is -2.09. The minimum Gasteiger partial charge on any atom is -0.352 e. The van der Waals surface area contributed by atoms with Crippen molar-refractivity contribution in [2.75, 3.05) is 13.1 Å². The summed E-state index contributed by atoms with van der Waals surface area (Å²) < 4.78 is 40.0. The highest BCUT2D eigenvalue weighted by molar-refractivity contribution is 7.88. The first-order valence-corrected chi connectivity index (χ1v) is 10.1. The molecule has 0 fully saturated rings. The number of halogens is 3. The summed E-state index contributed by atoms with van der Waals surface area (Å²) in [6, 6.07) is 10.3. The molecular weight excluding hydrogens is 402 g/mol. The van der Waals surface area contributed by atoms with Gasteiger partial charge in [-0.15, -0.1) is 0 Å². The molecule has 2 aromatic rings. The third-order valence-corrected chi connectivity index (χ3v) is 5.52. The molecule has 0 spiro atoms. The van der Waals surface area contributed by atoms with Crippen LogP contribution in [0.15, 0.2) is 42.5 Å². The third kappa shape index (κ3) is 6.25. The lowest BCUT2D eigenvalue weighted by molar-refractivity contribution is 0.0949. The Labute approximate surface area is 161 Å². The van der Waals surface area contributed by atoms with Crippen molar-refractivity contribution in [3.05, 3.63) is 69.5 Å². The van der Waals surface area contributed by atoms with Crippen LogP contribution in [0.1, 0.15) is 22.3 Å². The molecule has 0 unspecified atom stereocenters. The van der Waals surface area contributed by atoms with Crippen LogP contribution in [-0.2, 0) is 15.8 Å². The van der Waals surface area contributed by atoms with Gasteiger partial charge in [0, 0.05) is 13.1 Å². The normalized spacial score (nSPS) is 11.3. The molecule has 1 amide bonds. The number of nitrogens with one attached hydrogen (secondary N) is 2. The average molecular weight is 419 g/mol. The van der Waals surface area contributed by atoms with Crippen molar-refractivity contribution in [2.45, 2.75) is 12.2 Å². The molecule has 0 bridgehead atoms. The van der Waals surface area contributed by atoms with E-state index in [1.807, 2.05) is 0 Å². The monoisotopic (exact) mass is 418 g/mol. The topological polar surface area (TPSA) is 75.3 Å². The second-order valence-corrected chi connectivity index (χ2v) is 8.11. The zero-order chi connectivity index (χ0) is 19.2. The highest BCUT2D eigenvalue weighted by atomic mass is 35.5. The summed E-state index contributed by atoms with van der Waals surface area (Å²) in [6.45, 7) is 0.351. The van der Waals surface area contributed by atoms with Gasteiger partial charge in [0.1, 0.15) is 5.82 Å². The molecule has 0 aliphatic rings. The Bertz CT molecular complexity index is 891. The van der Waals surface area contributed by atoms with Crippen LogP contribution in [0.3, 0.4) is 0 Å². The highest BCUT2D eigenvalue weighted by Crippen LogP contribution is 2.23. The minimum atomic E-state index is -3.55. The number of sulfonamides is 1. The third-order valence-electron chi connectivity index (χ3n) is 3.42. The van der Waals surface area contributed by atoms with Crippen molar-refractivity contribution in [3.8, 4) is 0 Å². The van der Waals surface area contributed by atoms with E-state index in [1.165, 1.54) is 30.3 Å². The number of rotatable bonds is 8. The van der Waals surface area contributed by atoms with Crippen molar-refractivity contribution in [1.29, 1.82) is 0 Å². The first-order chi connectivity index (χ1) is 12.3. The van der Waals surface area contributed by atoms with E-state index < -0.39 is 21.7 Å². The molecule has 2 aromatic carbocycles. The highest BCUT2D eigenvalue weighted by Gasteiger charge is 2.13. The summed E-state index contributed by atoms with van der Waals surface area (Å²) in [4.78, 5) is 11.8. The predicted octanol–water partition coefficient (Wildman–Crippen LogP) is 3.37. The van der Waals surface area contributed by atoms with Crippen molar-refractivity contribution < 1.29 is 17.6 Å². The Balaban J connectivity index is 1.75. The molecule has 0 atom stereocenters. The van der Waals surface area contributed by atoms with Gasteiger partial charge in [0.25, 0.3) is 5.91 Å². The van der Waals surface area contributed by atoms with E-state index in [-0.39, 0.29) is 29.4 Å². The average Bonchev–Trinajstić information content (AvgIpc) is 2.57. The molecule has 5 nitrogen and oxygen atoms in total. The molecule has 0 aromatic heterocycles. The zero-order valence-corrected chi connectivity index (χ0v) is 16.0. The smallest absolute Gasteiger partial charge is 0.254 e. The maximum absolute atomic E-state index is 13.5. The molecule has 26 heavy (non-hydrogen) atoms. The number of amides is 1. The summed E-state index contributed by atoms with van der Waals surface area (Å²) in [6.07, 6.45) is 0.362. The summed E-state index contributed by atoms with van der Waals surface area (Å²) in [5.41, 5.74) is 0.465. The van der Waals surface area contributed by atoms with Gasteiger partial charge in [-0.1, -0.05) is 41.4 Å². The van der Waals surface area contributed by atoms with Crippen LogP contribution in [0.2, 0.25) is 10.0 Å². The molecule has 0 aliphatic carbocycles. The van der Waals surface area contributed by atoms with Crippen LogP contribution in [0, 0.1) is 5.82 Å². The van der Waals surface area contributed by atoms with Crippen molar-refractivity contribution in [3.63, 3.8) is 0 Å². The molecular formula is C17H17Cl2FN2O3S. The summed E-state index contributed by atoms with van der Waals surface area (Å²) >= 11 is 11.7. The Kier molecular flexibility index (Phi) is 7.40. The van der Waals surface area contributed by atoms with Gasteiger partial charge in [-0.25, -0.2) is 17.5 Å². The van der Waals surface area contributed by atoms with Gasteiger partial charge in [-0.3, -0.25) is 4.79 Å². The largest absolute Gasteiger partial charge is 0.352 e. The first-order valence-electron chi connectivity index (χ1n) is 7.72. The van der Waals surface area contributed by atoms with E-state index in [0.29, 0.717) is 17.0 Å². The SMILES string of the molecule is O=C(NCCCNS(=O)(=O)Cc1ccc(Cl)c(Cl)c1)c1ccccc1F. The van der Waals surface area contributed by atoms with Gasteiger partial charge in [0.2, 0.25) is 10.0 Å². The van der Waals surface area contributed by atoms with E-state index in [1.54, 1.807) is 12.1 Å². The van der Waals surface area contributed by atoms with Crippen molar-refractivity contribution in [2.24, 2.45) is 0 Å². The quantitative estimate of drug-likeness (QED) is 0.645. The second-order valence-electron chi connectivity index (χ2n) is 5.49. The van der Waals surface area contributed by atoms with E-state index in [9.17, 15) is 17.6 Å². The molecule has 2 rings (SSSR count). The fraction of sp³-hybridized carbons (Fsp3) is 0.235. The van der Waals surface area contributed by atoms with Gasteiger partial charge in [0.05, 0.1) is 21.4 Å². The molecule has 2 N–H and O–H groups in total. The number of carbonyl (C=O) groups excluding carboxylic acids is 1. The van der Waals surface area contributed by atoms with Crippen LogP contribution in [0.25, 0.3) is 0 Å². The van der Waals surface area contributed by atoms with Crippen LogP contribution in [0.4, 0.5) is 4.39 Å². The lowest BCUT2D eigenvalue weighted by atomic mass is 10.2. The maximum atomic E-state index is 13.5. The van der Waals surface area contributed by atoms with E-state index >= 15 is 0 Å². The van der Waals surface area contributed by atoms with Crippen molar-refractivity contribution in [1.82, 2.24) is 10.0 Å². The molecule has 0 aliphatic heterocycles. The lowest BCUT2D eigenvalue weighted by Crippen LogP contribution is -2.30. The summed E-state index contributed by atoms with van der Waals surface area (Å²) in [7, 11) is -3.55. The van der Waals surface area contributed by atoms with Gasteiger partial charge in [-0.05, 0) is 36.2 Å². The van der Waals surface area contributed by atoms with E-state index in [2.05, 4.69) is 10.0 Å². The summed E-state index contributed by atoms with van der Waals surface area (Å²) in [5, 5.41) is 3.18. The Morgan fingerprint density at radius 1 is 1.04 bits per heavy atom. The van der Waals surface area contributed by atoms with Gasteiger partial charge in [-0.2, -0.15) is 0 Å². The van der Waals surface area contributed by atoms with E-state index in [0.717, 1.165) is 0 Å². The van der Waals surface area contributed by atoms with Crippen LogP contribution < -0.4 is 10.0 Å². The number of benzene rings is 2. The van der Waals surface area contributed by atoms with Gasteiger partial charge < -0.3 is 5.32 Å². The number of hydrogen-bond donors (Lipinski definition) is 2. The number of carbonyl (C=O) groups is 1. The molecule has 140 valence electrons. The van der Waals surface area contributed by atoms with Crippen LogP contribution >= 0.6 is 23.2 Å². The molecule has 0 saturated heterocycles. The predicted molar refractivity (Wildman–Crippen MR) is 100 cm³/mol. The number of hydrogen-bond acceptors (Lipinski definition) is 3. The zero-order valence-electron chi connectivity index (χ0n) is 13.6. The van der Waals surface area contributed by atoms with Crippen LogP contribution in [0.5, 0.6) is 0 Å². The molecule has 0 radical (unpaired) electrons. The Hall–Kier alpha value is -1.67. The molecule has 0 saturated carbocycles. The van der Waals surface area contributed by atoms with Gasteiger partial charge >= 0.3 is 0 Å². The Morgan fingerprint density at radius 2 is 1.77 bits per heavy atom. The summed E-state index contributed by atoms with van der Waals surface area (Å²) in [5.74, 6) is -1.38. The molecule has 9 heteroatoms. The Morgan fingerprint density at radius 3 is 2.46 bits per heavy atom. The second kappa shape index (κ2) is 9.32. The maximum Gasteiger partial charge on any atom is 0.254 e.